The zero-order valence-electron chi connectivity index (χ0n) is 10.1. The van der Waals surface area contributed by atoms with Crippen LogP contribution < -0.4 is 0 Å². The highest BCUT2D eigenvalue weighted by Crippen LogP contribution is 2.44. The van der Waals surface area contributed by atoms with Gasteiger partial charge in [-0.3, -0.25) is 9.58 Å². The third kappa shape index (κ3) is 1.54. The number of rotatable bonds is 2. The van der Waals surface area contributed by atoms with E-state index in [0.29, 0.717) is 5.02 Å². The van der Waals surface area contributed by atoms with Crippen molar-refractivity contribution in [2.75, 3.05) is 13.1 Å². The van der Waals surface area contributed by atoms with Crippen LogP contribution >= 0.6 is 11.6 Å². The maximum atomic E-state index is 11.0. The summed E-state index contributed by atoms with van der Waals surface area (Å²) in [4.78, 5) is 2.38. The largest absolute Gasteiger partial charge is 0.382 e. The molecule has 2 atom stereocenters. The lowest BCUT2D eigenvalue weighted by Crippen LogP contribution is -2.40. The predicted octanol–water partition coefficient (Wildman–Crippen LogP) is 1.61. The Labute approximate surface area is 106 Å². The van der Waals surface area contributed by atoms with Crippen molar-refractivity contribution >= 4 is 11.6 Å². The minimum Gasteiger partial charge on any atom is -0.382 e. The number of halogens is 1. The van der Waals surface area contributed by atoms with Crippen molar-refractivity contribution in [1.29, 1.82) is 0 Å². The second-order valence-electron chi connectivity index (χ2n) is 5.03. The molecule has 3 heterocycles. The smallest absolute Gasteiger partial charge is 0.124 e. The zero-order chi connectivity index (χ0) is 12.0. The first-order chi connectivity index (χ1) is 8.16. The number of aromatic nitrogens is 2. The van der Waals surface area contributed by atoms with E-state index in [1.54, 1.807) is 6.20 Å². The van der Waals surface area contributed by atoms with Crippen LogP contribution in [0.25, 0.3) is 0 Å². The zero-order valence-corrected chi connectivity index (χ0v) is 10.8. The highest BCUT2D eigenvalue weighted by atomic mass is 35.5. The summed E-state index contributed by atoms with van der Waals surface area (Å²) in [5.74, 6) is 0. The molecule has 0 amide bonds. The third-order valence-corrected chi connectivity index (χ3v) is 4.48. The Morgan fingerprint density at radius 1 is 1.59 bits per heavy atom. The molecule has 2 aliphatic rings. The summed E-state index contributed by atoms with van der Waals surface area (Å²) < 4.78 is 1.84. The summed E-state index contributed by atoms with van der Waals surface area (Å²) >= 11 is 6.22. The Morgan fingerprint density at radius 2 is 2.41 bits per heavy atom. The molecule has 1 aromatic rings. The maximum absolute atomic E-state index is 11.0. The van der Waals surface area contributed by atoms with Crippen LogP contribution in [-0.4, -0.2) is 38.9 Å². The number of fused-ring (bicyclic) bond motifs is 1. The van der Waals surface area contributed by atoms with Crippen LogP contribution in [0.15, 0.2) is 6.20 Å². The molecule has 3 rings (SSSR count). The van der Waals surface area contributed by atoms with E-state index < -0.39 is 5.60 Å². The molecule has 5 heteroatoms. The van der Waals surface area contributed by atoms with Crippen molar-refractivity contribution in [1.82, 2.24) is 14.7 Å². The quantitative estimate of drug-likeness (QED) is 0.873. The molecule has 0 aliphatic carbocycles. The fourth-order valence-electron chi connectivity index (χ4n) is 3.42. The number of aliphatic hydroxyl groups is 1. The second-order valence-corrected chi connectivity index (χ2v) is 5.43. The molecule has 4 nitrogen and oxygen atoms in total. The van der Waals surface area contributed by atoms with Gasteiger partial charge in [-0.05, 0) is 32.7 Å². The first-order valence-corrected chi connectivity index (χ1v) is 6.73. The van der Waals surface area contributed by atoms with Gasteiger partial charge in [0.25, 0.3) is 0 Å². The van der Waals surface area contributed by atoms with Crippen LogP contribution in [0.1, 0.15) is 31.9 Å². The van der Waals surface area contributed by atoms with E-state index >= 15 is 0 Å². The molecule has 17 heavy (non-hydrogen) atoms. The number of hydrogen-bond donors (Lipinski definition) is 1. The lowest BCUT2D eigenvalue weighted by Gasteiger charge is -2.30. The highest BCUT2D eigenvalue weighted by molar-refractivity contribution is 6.31. The first-order valence-electron chi connectivity index (χ1n) is 6.35. The molecule has 2 fully saturated rings. The van der Waals surface area contributed by atoms with Gasteiger partial charge in [0.05, 0.1) is 16.9 Å². The molecule has 0 radical (unpaired) electrons. The third-order valence-electron chi connectivity index (χ3n) is 4.20. The lowest BCUT2D eigenvalue weighted by molar-refractivity contribution is 0.00139. The van der Waals surface area contributed by atoms with Crippen LogP contribution in [0, 0.1) is 0 Å². The fraction of sp³-hybridized carbons (Fsp3) is 0.750. The fourth-order valence-corrected chi connectivity index (χ4v) is 3.73. The summed E-state index contributed by atoms with van der Waals surface area (Å²) in [6.45, 7) is 4.84. The number of hydrogen-bond acceptors (Lipinski definition) is 3. The van der Waals surface area contributed by atoms with Gasteiger partial charge < -0.3 is 5.11 Å². The van der Waals surface area contributed by atoms with Crippen LogP contribution in [0.2, 0.25) is 5.02 Å². The van der Waals surface area contributed by atoms with Crippen LogP contribution in [0.5, 0.6) is 0 Å². The molecule has 0 bridgehead atoms. The summed E-state index contributed by atoms with van der Waals surface area (Å²) in [6, 6.07) is 0.224. The molecular weight excluding hydrogens is 238 g/mol. The van der Waals surface area contributed by atoms with Gasteiger partial charge in [0.2, 0.25) is 0 Å². The van der Waals surface area contributed by atoms with Crippen molar-refractivity contribution in [3.05, 3.63) is 16.9 Å². The van der Waals surface area contributed by atoms with Gasteiger partial charge in [-0.15, -0.1) is 0 Å². The van der Waals surface area contributed by atoms with Gasteiger partial charge in [-0.2, -0.15) is 5.10 Å². The molecule has 1 aromatic heterocycles. The standard InChI is InChI=1S/C12H18ClN3O/c1-2-16-11(9(13)8-14-16)12(17)5-7-15-6-3-4-10(12)15/h8,10,17H,2-7H2,1H3. The topological polar surface area (TPSA) is 41.3 Å². The van der Waals surface area contributed by atoms with E-state index in [9.17, 15) is 5.11 Å². The van der Waals surface area contributed by atoms with Crippen LogP contribution in [0.4, 0.5) is 0 Å². The van der Waals surface area contributed by atoms with Gasteiger partial charge in [0.15, 0.2) is 0 Å². The van der Waals surface area contributed by atoms with Crippen LogP contribution in [0.3, 0.4) is 0 Å². The lowest BCUT2D eigenvalue weighted by atomic mass is 9.89. The molecule has 0 saturated carbocycles. The molecule has 2 aliphatic heterocycles. The first kappa shape index (κ1) is 11.5. The number of nitrogens with zero attached hydrogens (tertiary/aromatic N) is 3. The summed E-state index contributed by atoms with van der Waals surface area (Å²) in [5, 5.41) is 15.9. The molecule has 0 spiro atoms. The van der Waals surface area contributed by atoms with E-state index in [1.807, 2.05) is 11.6 Å². The van der Waals surface area contributed by atoms with Gasteiger partial charge in [0.1, 0.15) is 5.60 Å². The minimum absolute atomic E-state index is 0.224. The van der Waals surface area contributed by atoms with Crippen molar-refractivity contribution in [3.63, 3.8) is 0 Å². The minimum atomic E-state index is -0.805. The Balaban J connectivity index is 2.04. The van der Waals surface area contributed by atoms with Crippen LogP contribution in [-0.2, 0) is 12.1 Å². The molecule has 94 valence electrons. The van der Waals surface area contributed by atoms with Gasteiger partial charge in [-0.1, -0.05) is 11.6 Å². The average molecular weight is 256 g/mol. The van der Waals surface area contributed by atoms with Crippen molar-refractivity contribution in [3.8, 4) is 0 Å². The maximum Gasteiger partial charge on any atom is 0.124 e. The van der Waals surface area contributed by atoms with E-state index in [1.165, 1.54) is 6.42 Å². The summed E-state index contributed by atoms with van der Waals surface area (Å²) in [7, 11) is 0. The molecule has 0 aromatic carbocycles. The van der Waals surface area contributed by atoms with Gasteiger partial charge in [0, 0.05) is 19.1 Å². The second kappa shape index (κ2) is 3.97. The van der Waals surface area contributed by atoms with Crippen molar-refractivity contribution < 1.29 is 5.11 Å². The van der Waals surface area contributed by atoms with Crippen molar-refractivity contribution in [2.45, 2.75) is 44.4 Å². The molecule has 1 N–H and O–H groups in total. The van der Waals surface area contributed by atoms with E-state index in [-0.39, 0.29) is 6.04 Å². The Morgan fingerprint density at radius 3 is 3.18 bits per heavy atom. The van der Waals surface area contributed by atoms with Gasteiger partial charge >= 0.3 is 0 Å². The predicted molar refractivity (Wildman–Crippen MR) is 66.0 cm³/mol. The van der Waals surface area contributed by atoms with Gasteiger partial charge in [-0.25, -0.2) is 0 Å². The van der Waals surface area contributed by atoms with E-state index in [0.717, 1.165) is 38.2 Å². The summed E-state index contributed by atoms with van der Waals surface area (Å²) in [6.07, 6.45) is 4.64. The molecular formula is C12H18ClN3O. The van der Waals surface area contributed by atoms with Crippen molar-refractivity contribution in [2.24, 2.45) is 0 Å². The molecule has 2 saturated heterocycles. The monoisotopic (exact) mass is 255 g/mol. The van der Waals surface area contributed by atoms with E-state index in [4.69, 9.17) is 11.6 Å². The summed E-state index contributed by atoms with van der Waals surface area (Å²) in [5.41, 5.74) is 0.0103. The normalized spacial score (nSPS) is 33.2. The highest BCUT2D eigenvalue weighted by Gasteiger charge is 2.51. The Hall–Kier alpha value is -0.580. The number of aryl methyl sites for hydroxylation is 1. The Kier molecular flexibility index (Phi) is 2.69. The molecule has 2 unspecified atom stereocenters. The van der Waals surface area contributed by atoms with E-state index in [2.05, 4.69) is 10.00 Å². The Bertz CT molecular complexity index is 433. The average Bonchev–Trinajstić information content (AvgIpc) is 2.97. The SMILES string of the molecule is CCn1ncc(Cl)c1C1(O)CCN2CCCC21.